The molecule has 0 bridgehead atoms. The molecule has 4 rings (SSSR count). The normalized spacial score (nSPS) is 11.0. The van der Waals surface area contributed by atoms with Gasteiger partial charge < -0.3 is 18.9 Å². The Morgan fingerprint density at radius 2 is 1.85 bits per heavy atom. The fraction of sp³-hybridized carbons (Fsp3) is 0.259. The summed E-state index contributed by atoms with van der Waals surface area (Å²) in [6.45, 7) is 6.32. The number of hydrogen-bond acceptors (Lipinski definition) is 5. The van der Waals surface area contributed by atoms with Crippen molar-refractivity contribution in [3.8, 4) is 17.6 Å². The second-order valence-corrected chi connectivity index (χ2v) is 8.17. The molecule has 0 amide bonds. The molecule has 1 aromatic heterocycles. The fourth-order valence-electron chi connectivity index (χ4n) is 3.85. The molecule has 0 saturated heterocycles. The van der Waals surface area contributed by atoms with Crippen LogP contribution in [0.2, 0.25) is 0 Å². The van der Waals surface area contributed by atoms with E-state index in [1.165, 1.54) is 0 Å². The number of ether oxygens (including phenoxy) is 2. The van der Waals surface area contributed by atoms with E-state index >= 15 is 4.39 Å². The summed E-state index contributed by atoms with van der Waals surface area (Å²) in [6, 6.07) is 20.3. The lowest BCUT2D eigenvalue weighted by molar-refractivity contribution is 0.229. The average molecular weight is 459 g/mol. The average Bonchev–Trinajstić information content (AvgIpc) is 3.15. The summed E-state index contributed by atoms with van der Waals surface area (Å²) in [5.74, 6) is 0.913. The highest BCUT2D eigenvalue weighted by Crippen LogP contribution is 2.38. The molecule has 7 heteroatoms. The molecular formula is C27H27FN4O2. The van der Waals surface area contributed by atoms with E-state index in [0.29, 0.717) is 35.8 Å². The van der Waals surface area contributed by atoms with Gasteiger partial charge in [0.2, 0.25) is 0 Å². The van der Waals surface area contributed by atoms with E-state index in [4.69, 9.17) is 14.5 Å². The molecule has 0 N–H and O–H groups in total. The number of rotatable bonds is 8. The van der Waals surface area contributed by atoms with E-state index < -0.39 is 5.82 Å². The third-order valence-corrected chi connectivity index (χ3v) is 5.45. The molecule has 174 valence electrons. The maximum Gasteiger partial charge on any atom is 0.188 e. The van der Waals surface area contributed by atoms with Crippen LogP contribution in [-0.4, -0.2) is 22.3 Å². The summed E-state index contributed by atoms with van der Waals surface area (Å²) in [5.41, 5.74) is 3.41. The van der Waals surface area contributed by atoms with Crippen molar-refractivity contribution in [2.75, 3.05) is 11.5 Å². The standard InChI is InChI=1S/C27H27FN4O2/c1-5-33-21-14-24(27(28)25(15-21)34-18(2)3)32(20-12-10-19(16-29)11-13-20)17-26-30-22-8-6-7-9-23(22)31(26)4/h6-15,18H,5,17H2,1-4H3. The van der Waals surface area contributed by atoms with Crippen LogP contribution >= 0.6 is 0 Å². The Balaban J connectivity index is 1.87. The van der Waals surface area contributed by atoms with Crippen molar-refractivity contribution in [2.24, 2.45) is 7.05 Å². The van der Waals surface area contributed by atoms with Crippen LogP contribution in [0.1, 0.15) is 32.2 Å². The van der Waals surface area contributed by atoms with Crippen LogP contribution in [0.4, 0.5) is 15.8 Å². The van der Waals surface area contributed by atoms with Crippen molar-refractivity contribution in [1.82, 2.24) is 9.55 Å². The van der Waals surface area contributed by atoms with Crippen molar-refractivity contribution in [2.45, 2.75) is 33.4 Å². The lowest BCUT2D eigenvalue weighted by Gasteiger charge is -2.27. The largest absolute Gasteiger partial charge is 0.494 e. The van der Waals surface area contributed by atoms with Gasteiger partial charge in [0.15, 0.2) is 11.6 Å². The van der Waals surface area contributed by atoms with Crippen molar-refractivity contribution in [1.29, 1.82) is 5.26 Å². The van der Waals surface area contributed by atoms with E-state index in [1.54, 1.807) is 36.4 Å². The highest BCUT2D eigenvalue weighted by atomic mass is 19.1. The molecule has 0 unspecified atom stereocenters. The van der Waals surface area contributed by atoms with Gasteiger partial charge in [0, 0.05) is 24.9 Å². The molecule has 3 aromatic carbocycles. The zero-order chi connectivity index (χ0) is 24.2. The number of nitrogens with zero attached hydrogens (tertiary/aromatic N) is 4. The van der Waals surface area contributed by atoms with E-state index in [0.717, 1.165) is 16.9 Å². The van der Waals surface area contributed by atoms with Crippen molar-refractivity contribution in [3.05, 3.63) is 77.9 Å². The molecule has 6 nitrogen and oxygen atoms in total. The first-order valence-corrected chi connectivity index (χ1v) is 11.2. The Labute approximate surface area is 198 Å². The van der Waals surface area contributed by atoms with Crippen LogP contribution in [0.25, 0.3) is 11.0 Å². The number of halogens is 1. The fourth-order valence-corrected chi connectivity index (χ4v) is 3.85. The van der Waals surface area contributed by atoms with Gasteiger partial charge in [0.1, 0.15) is 11.6 Å². The molecule has 0 atom stereocenters. The SMILES string of the molecule is CCOc1cc(OC(C)C)c(F)c(N(Cc2nc3ccccc3n2C)c2ccc(C#N)cc2)c1. The number of hydrogen-bond donors (Lipinski definition) is 0. The number of nitriles is 1. The minimum Gasteiger partial charge on any atom is -0.494 e. The second kappa shape index (κ2) is 9.84. The predicted octanol–water partition coefficient (Wildman–Crippen LogP) is 6.11. The number of para-hydroxylation sites is 2. The van der Waals surface area contributed by atoms with Crippen LogP contribution < -0.4 is 14.4 Å². The van der Waals surface area contributed by atoms with Gasteiger partial charge >= 0.3 is 0 Å². The van der Waals surface area contributed by atoms with Crippen LogP contribution in [0.5, 0.6) is 11.5 Å². The first-order valence-electron chi connectivity index (χ1n) is 11.2. The number of benzene rings is 3. The van der Waals surface area contributed by atoms with Gasteiger partial charge in [0.25, 0.3) is 0 Å². The molecule has 0 spiro atoms. The third kappa shape index (κ3) is 4.67. The topological polar surface area (TPSA) is 63.3 Å². The van der Waals surface area contributed by atoms with Gasteiger partial charge in [-0.15, -0.1) is 0 Å². The van der Waals surface area contributed by atoms with Gasteiger partial charge in [-0.05, 0) is 57.2 Å². The molecule has 0 radical (unpaired) electrons. The Hall–Kier alpha value is -4.05. The maximum atomic E-state index is 15.8. The number of imidazole rings is 1. The molecule has 1 heterocycles. The molecule has 0 aliphatic rings. The number of aryl methyl sites for hydroxylation is 1. The highest BCUT2D eigenvalue weighted by Gasteiger charge is 2.23. The lowest BCUT2D eigenvalue weighted by Crippen LogP contribution is -2.21. The molecule has 34 heavy (non-hydrogen) atoms. The minimum atomic E-state index is -0.486. The summed E-state index contributed by atoms with van der Waals surface area (Å²) in [5, 5.41) is 9.23. The summed E-state index contributed by atoms with van der Waals surface area (Å²) < 4.78 is 29.3. The third-order valence-electron chi connectivity index (χ3n) is 5.45. The van der Waals surface area contributed by atoms with Crippen molar-refractivity contribution in [3.63, 3.8) is 0 Å². The van der Waals surface area contributed by atoms with Gasteiger partial charge in [-0.1, -0.05) is 12.1 Å². The number of aromatic nitrogens is 2. The van der Waals surface area contributed by atoms with E-state index in [2.05, 4.69) is 6.07 Å². The van der Waals surface area contributed by atoms with Crippen molar-refractivity contribution >= 4 is 22.4 Å². The molecule has 0 aliphatic carbocycles. The molecule has 4 aromatic rings. The first kappa shape index (κ1) is 23.1. The molecule has 0 aliphatic heterocycles. The molecular weight excluding hydrogens is 431 g/mol. The summed E-state index contributed by atoms with van der Waals surface area (Å²) in [7, 11) is 1.95. The Kier molecular flexibility index (Phi) is 6.69. The zero-order valence-corrected chi connectivity index (χ0v) is 19.7. The van der Waals surface area contributed by atoms with Crippen LogP contribution in [0, 0.1) is 17.1 Å². The highest BCUT2D eigenvalue weighted by molar-refractivity contribution is 5.76. The molecule has 0 fully saturated rings. The summed E-state index contributed by atoms with van der Waals surface area (Å²) >= 11 is 0. The zero-order valence-electron chi connectivity index (χ0n) is 19.7. The molecule has 0 saturated carbocycles. The number of fused-ring (bicyclic) bond motifs is 1. The monoisotopic (exact) mass is 458 g/mol. The Morgan fingerprint density at radius 1 is 1.12 bits per heavy atom. The smallest absolute Gasteiger partial charge is 0.188 e. The lowest BCUT2D eigenvalue weighted by atomic mass is 10.1. The van der Waals surface area contributed by atoms with Crippen LogP contribution in [-0.2, 0) is 13.6 Å². The quantitative estimate of drug-likeness (QED) is 0.319. The number of anilines is 2. The van der Waals surface area contributed by atoms with E-state index in [-0.39, 0.29) is 11.9 Å². The summed E-state index contributed by atoms with van der Waals surface area (Å²) in [4.78, 5) is 6.61. The first-order chi connectivity index (χ1) is 16.4. The Morgan fingerprint density at radius 3 is 2.50 bits per heavy atom. The van der Waals surface area contributed by atoms with Crippen molar-refractivity contribution < 1.29 is 13.9 Å². The van der Waals surface area contributed by atoms with E-state index in [9.17, 15) is 5.26 Å². The van der Waals surface area contributed by atoms with Gasteiger partial charge in [-0.2, -0.15) is 5.26 Å². The van der Waals surface area contributed by atoms with E-state index in [1.807, 2.05) is 61.6 Å². The maximum absolute atomic E-state index is 15.8. The van der Waals surface area contributed by atoms with Gasteiger partial charge in [-0.25, -0.2) is 9.37 Å². The summed E-state index contributed by atoms with van der Waals surface area (Å²) in [6.07, 6.45) is -0.206. The second-order valence-electron chi connectivity index (χ2n) is 8.17. The van der Waals surface area contributed by atoms with Crippen LogP contribution in [0.15, 0.2) is 60.7 Å². The predicted molar refractivity (Wildman–Crippen MR) is 131 cm³/mol. The van der Waals surface area contributed by atoms with Gasteiger partial charge in [-0.3, -0.25) is 0 Å². The minimum absolute atomic E-state index is 0.125. The Bertz CT molecular complexity index is 1340. The van der Waals surface area contributed by atoms with Crippen LogP contribution in [0.3, 0.4) is 0 Å². The van der Waals surface area contributed by atoms with Gasteiger partial charge in [0.05, 0.1) is 47.6 Å².